The van der Waals surface area contributed by atoms with Gasteiger partial charge in [0.1, 0.15) is 0 Å². The number of rotatable bonds is 14. The summed E-state index contributed by atoms with van der Waals surface area (Å²) in [5.41, 5.74) is 4.63. The first-order valence-electron chi connectivity index (χ1n) is 10.1. The molecule has 2 rings (SSSR count). The molecule has 0 aromatic carbocycles. The van der Waals surface area contributed by atoms with Crippen LogP contribution in [0.3, 0.4) is 0 Å². The van der Waals surface area contributed by atoms with Gasteiger partial charge >= 0.3 is 0 Å². The molecule has 0 fully saturated rings. The fourth-order valence-electron chi connectivity index (χ4n) is 3.13. The van der Waals surface area contributed by atoms with Crippen molar-refractivity contribution in [1.82, 2.24) is 15.3 Å². The summed E-state index contributed by atoms with van der Waals surface area (Å²) in [4.78, 5) is 7.88. The van der Waals surface area contributed by atoms with E-state index in [1.54, 1.807) is 11.8 Å². The van der Waals surface area contributed by atoms with Crippen LogP contribution in [0.25, 0.3) is 0 Å². The molecule has 5 heteroatoms. The van der Waals surface area contributed by atoms with Crippen molar-refractivity contribution in [2.24, 2.45) is 0 Å². The van der Waals surface area contributed by atoms with Crippen LogP contribution >= 0.6 is 11.8 Å². The average Bonchev–Trinajstić information content (AvgIpc) is 3.17. The van der Waals surface area contributed by atoms with Gasteiger partial charge in [-0.05, 0) is 37.5 Å². The molecule has 0 spiro atoms. The van der Waals surface area contributed by atoms with Gasteiger partial charge in [-0.3, -0.25) is 0 Å². The number of aromatic amines is 1. The molecular formula is C23H34N4S. The number of nitrogens with zero attached hydrogens (tertiary/aromatic N) is 1. The fraction of sp³-hybridized carbons (Fsp3) is 0.435. The third kappa shape index (κ3) is 7.85. The van der Waals surface area contributed by atoms with Crippen molar-refractivity contribution in [2.75, 3.05) is 17.6 Å². The van der Waals surface area contributed by atoms with Gasteiger partial charge in [-0.15, -0.1) is 11.8 Å². The van der Waals surface area contributed by atoms with Crippen molar-refractivity contribution < 1.29 is 0 Å². The second-order valence-corrected chi connectivity index (χ2v) is 8.03. The molecule has 0 aliphatic heterocycles. The van der Waals surface area contributed by atoms with E-state index in [1.807, 2.05) is 11.6 Å². The zero-order valence-electron chi connectivity index (χ0n) is 17.1. The Labute approximate surface area is 174 Å². The Morgan fingerprint density at radius 3 is 2.96 bits per heavy atom. The number of hydrogen-bond donors (Lipinski definition) is 3. The highest BCUT2D eigenvalue weighted by molar-refractivity contribution is 8.02. The lowest BCUT2D eigenvalue weighted by Crippen LogP contribution is -2.15. The summed E-state index contributed by atoms with van der Waals surface area (Å²) in [7, 11) is 0. The third-order valence-corrected chi connectivity index (χ3v) is 5.49. The van der Waals surface area contributed by atoms with E-state index in [9.17, 15) is 0 Å². The van der Waals surface area contributed by atoms with Crippen molar-refractivity contribution in [3.8, 4) is 0 Å². The van der Waals surface area contributed by atoms with Crippen LogP contribution in [0.15, 0.2) is 66.5 Å². The molecule has 3 N–H and O–H groups in total. The summed E-state index contributed by atoms with van der Waals surface area (Å²) in [6, 6.07) is 0. The molecule has 1 atom stereocenters. The number of allylic oxidation sites excluding steroid dienone is 5. The van der Waals surface area contributed by atoms with Crippen LogP contribution in [0.1, 0.15) is 57.1 Å². The Kier molecular flexibility index (Phi) is 9.77. The van der Waals surface area contributed by atoms with Gasteiger partial charge in [0, 0.05) is 35.3 Å². The fourth-order valence-corrected chi connectivity index (χ4v) is 3.55. The highest BCUT2D eigenvalue weighted by Crippen LogP contribution is 2.27. The first-order valence-corrected chi connectivity index (χ1v) is 11.2. The molecule has 1 aromatic rings. The molecule has 0 saturated carbocycles. The van der Waals surface area contributed by atoms with Gasteiger partial charge in [0.25, 0.3) is 0 Å². The molecule has 0 amide bonds. The maximum Gasteiger partial charge on any atom is 0.204 e. The highest BCUT2D eigenvalue weighted by atomic mass is 32.2. The Bertz CT molecular complexity index is 714. The number of unbranched alkanes of at least 4 members (excludes halogenated alkanes) is 2. The van der Waals surface area contributed by atoms with Crippen LogP contribution in [0, 0.1) is 0 Å². The standard InChI is InChI=1S/C23H34N4S/c1-5-20-12-10-13-21(15-20)22-16-25-23(27-22)26-18(3)11-8-7-9-14-24-19(4)17-28-6-2/h6,10,12,15-16,21,24H,2-5,7-9,11,13-14,17H2,1H3,(H2,25,26,27). The molecule has 1 heterocycles. The number of H-pyrrole nitrogens is 1. The van der Waals surface area contributed by atoms with E-state index in [-0.39, 0.29) is 0 Å². The summed E-state index contributed by atoms with van der Waals surface area (Å²) >= 11 is 1.67. The van der Waals surface area contributed by atoms with E-state index in [2.05, 4.69) is 65.5 Å². The van der Waals surface area contributed by atoms with E-state index in [4.69, 9.17) is 0 Å². The summed E-state index contributed by atoms with van der Waals surface area (Å²) < 4.78 is 0. The summed E-state index contributed by atoms with van der Waals surface area (Å²) in [5.74, 6) is 2.07. The quantitative estimate of drug-likeness (QED) is 0.324. The van der Waals surface area contributed by atoms with Gasteiger partial charge in [0.05, 0.1) is 6.20 Å². The lowest BCUT2D eigenvalue weighted by molar-refractivity contribution is 0.644. The van der Waals surface area contributed by atoms with Crippen LogP contribution in [0.4, 0.5) is 5.95 Å². The van der Waals surface area contributed by atoms with Crippen molar-refractivity contribution >= 4 is 17.7 Å². The van der Waals surface area contributed by atoms with Crippen molar-refractivity contribution in [1.29, 1.82) is 0 Å². The van der Waals surface area contributed by atoms with Crippen molar-refractivity contribution in [3.05, 3.63) is 72.2 Å². The molecule has 152 valence electrons. The molecule has 1 aromatic heterocycles. The maximum absolute atomic E-state index is 4.47. The molecule has 4 nitrogen and oxygen atoms in total. The zero-order valence-corrected chi connectivity index (χ0v) is 17.9. The van der Waals surface area contributed by atoms with Crippen LogP contribution in [-0.2, 0) is 0 Å². The second kappa shape index (κ2) is 12.3. The minimum Gasteiger partial charge on any atom is -0.388 e. The van der Waals surface area contributed by atoms with E-state index in [0.29, 0.717) is 5.92 Å². The molecule has 0 bridgehead atoms. The summed E-state index contributed by atoms with van der Waals surface area (Å²) in [6.45, 7) is 15.0. The number of aromatic nitrogens is 2. The van der Waals surface area contributed by atoms with Crippen molar-refractivity contribution in [3.63, 3.8) is 0 Å². The van der Waals surface area contributed by atoms with Crippen LogP contribution in [-0.4, -0.2) is 22.3 Å². The van der Waals surface area contributed by atoms with Gasteiger partial charge in [-0.25, -0.2) is 4.98 Å². The normalized spacial score (nSPS) is 15.8. The van der Waals surface area contributed by atoms with Gasteiger partial charge in [0.15, 0.2) is 0 Å². The summed E-state index contributed by atoms with van der Waals surface area (Å²) in [5, 5.41) is 8.52. The first-order chi connectivity index (χ1) is 13.6. The number of anilines is 1. The minimum absolute atomic E-state index is 0.392. The van der Waals surface area contributed by atoms with Gasteiger partial charge in [-0.1, -0.05) is 56.9 Å². The highest BCUT2D eigenvalue weighted by Gasteiger charge is 2.14. The smallest absolute Gasteiger partial charge is 0.204 e. The number of hydrogen-bond acceptors (Lipinski definition) is 4. The van der Waals surface area contributed by atoms with E-state index < -0.39 is 0 Å². The van der Waals surface area contributed by atoms with Crippen molar-refractivity contribution in [2.45, 2.75) is 51.4 Å². The van der Waals surface area contributed by atoms with Gasteiger partial charge in [0.2, 0.25) is 5.95 Å². The molecule has 1 unspecified atom stereocenters. The molecule has 1 aliphatic carbocycles. The minimum atomic E-state index is 0.392. The first kappa shape index (κ1) is 22.2. The van der Waals surface area contributed by atoms with E-state index >= 15 is 0 Å². The topological polar surface area (TPSA) is 52.7 Å². The van der Waals surface area contributed by atoms with E-state index in [1.165, 1.54) is 5.57 Å². The van der Waals surface area contributed by atoms with Gasteiger partial charge in [-0.2, -0.15) is 0 Å². The van der Waals surface area contributed by atoms with Crippen LogP contribution in [0.2, 0.25) is 0 Å². The summed E-state index contributed by atoms with van der Waals surface area (Å²) in [6.07, 6.45) is 15.2. The Balaban J connectivity index is 1.63. The second-order valence-electron chi connectivity index (χ2n) is 7.07. The third-order valence-electron chi connectivity index (χ3n) is 4.74. The molecule has 0 saturated heterocycles. The Morgan fingerprint density at radius 1 is 1.32 bits per heavy atom. The molecule has 1 aliphatic rings. The Morgan fingerprint density at radius 2 is 2.18 bits per heavy atom. The monoisotopic (exact) mass is 398 g/mol. The zero-order chi connectivity index (χ0) is 20.2. The van der Waals surface area contributed by atoms with Crippen LogP contribution in [0.5, 0.6) is 0 Å². The number of imidazole rings is 1. The average molecular weight is 399 g/mol. The van der Waals surface area contributed by atoms with E-state index in [0.717, 1.165) is 73.9 Å². The van der Waals surface area contributed by atoms with Crippen LogP contribution < -0.4 is 10.6 Å². The van der Waals surface area contributed by atoms with Gasteiger partial charge < -0.3 is 15.6 Å². The Hall–Kier alpha value is -2.14. The largest absolute Gasteiger partial charge is 0.388 e. The molecular weight excluding hydrogens is 364 g/mol. The maximum atomic E-state index is 4.47. The molecule has 0 radical (unpaired) electrons. The predicted octanol–water partition coefficient (Wildman–Crippen LogP) is 6.26. The lowest BCUT2D eigenvalue weighted by Gasteiger charge is -2.14. The number of thioether (sulfide) groups is 1. The lowest BCUT2D eigenvalue weighted by atomic mass is 9.93. The number of nitrogens with one attached hydrogen (secondary N) is 3. The SMILES string of the molecule is C=CSCC(=C)NCCCCCC(=C)Nc1ncc(C2C=C(CC)C=CC2)[nH]1. The molecule has 28 heavy (non-hydrogen) atoms. The predicted molar refractivity (Wildman–Crippen MR) is 124 cm³/mol.